The van der Waals surface area contributed by atoms with Crippen LogP contribution < -0.4 is 10.2 Å². The van der Waals surface area contributed by atoms with Gasteiger partial charge in [-0.1, -0.05) is 6.92 Å². The predicted octanol–water partition coefficient (Wildman–Crippen LogP) is 3.50. The van der Waals surface area contributed by atoms with Gasteiger partial charge in [0, 0.05) is 43.1 Å². The highest BCUT2D eigenvalue weighted by Gasteiger charge is 2.28. The van der Waals surface area contributed by atoms with Crippen LogP contribution in [0.25, 0.3) is 0 Å². The summed E-state index contributed by atoms with van der Waals surface area (Å²) in [5.74, 6) is 0.293. The summed E-state index contributed by atoms with van der Waals surface area (Å²) >= 11 is 0. The van der Waals surface area contributed by atoms with E-state index in [-0.39, 0.29) is 10.8 Å². The van der Waals surface area contributed by atoms with Crippen molar-refractivity contribution in [1.82, 2.24) is 4.31 Å². The maximum atomic E-state index is 12.9. The molecule has 2 aliphatic heterocycles. The number of nitrogens with zero attached hydrogens (tertiary/aromatic N) is 2. The average Bonchev–Trinajstić information content (AvgIpc) is 2.81. The number of benzene rings is 2. The number of nitrogens with one attached hydrogen (secondary N) is 1. The van der Waals surface area contributed by atoms with E-state index < -0.39 is 10.0 Å². The van der Waals surface area contributed by atoms with Crippen LogP contribution >= 0.6 is 0 Å². The maximum Gasteiger partial charge on any atom is 0.255 e. The number of aryl methyl sites for hydroxylation is 1. The fourth-order valence-electron chi connectivity index (χ4n) is 4.15. The van der Waals surface area contributed by atoms with Gasteiger partial charge in [0.15, 0.2) is 0 Å². The van der Waals surface area contributed by atoms with Crippen molar-refractivity contribution in [2.75, 3.05) is 49.6 Å². The van der Waals surface area contributed by atoms with Crippen LogP contribution in [0.2, 0.25) is 0 Å². The van der Waals surface area contributed by atoms with Crippen molar-refractivity contribution in [2.24, 2.45) is 5.92 Å². The summed E-state index contributed by atoms with van der Waals surface area (Å²) in [7, 11) is -3.52. The molecular weight excluding hydrogens is 426 g/mol. The molecule has 0 radical (unpaired) electrons. The number of morpholine rings is 1. The first-order valence-corrected chi connectivity index (χ1v) is 12.6. The quantitative estimate of drug-likeness (QED) is 0.743. The molecule has 2 fully saturated rings. The second-order valence-electron chi connectivity index (χ2n) is 8.66. The van der Waals surface area contributed by atoms with Crippen LogP contribution in [0.4, 0.5) is 11.4 Å². The molecule has 0 bridgehead atoms. The molecule has 2 saturated heterocycles. The van der Waals surface area contributed by atoms with E-state index in [0.29, 0.717) is 24.6 Å². The summed E-state index contributed by atoms with van der Waals surface area (Å²) in [6.07, 6.45) is 1.76. The van der Waals surface area contributed by atoms with Crippen molar-refractivity contribution in [3.05, 3.63) is 53.6 Å². The molecule has 2 aromatic rings. The average molecular weight is 458 g/mol. The second-order valence-corrected chi connectivity index (χ2v) is 10.6. The molecule has 1 amide bonds. The van der Waals surface area contributed by atoms with Gasteiger partial charge in [-0.15, -0.1) is 0 Å². The van der Waals surface area contributed by atoms with E-state index in [9.17, 15) is 13.2 Å². The van der Waals surface area contributed by atoms with Crippen molar-refractivity contribution in [2.45, 2.75) is 31.6 Å². The number of ether oxygens (including phenoxy) is 1. The van der Waals surface area contributed by atoms with E-state index in [1.165, 1.54) is 12.1 Å². The number of hydrogen-bond donors (Lipinski definition) is 1. The maximum absolute atomic E-state index is 12.9. The third-order valence-corrected chi connectivity index (χ3v) is 8.24. The Morgan fingerprint density at radius 2 is 1.66 bits per heavy atom. The van der Waals surface area contributed by atoms with Crippen LogP contribution in [0.15, 0.2) is 47.4 Å². The van der Waals surface area contributed by atoms with Gasteiger partial charge in [-0.3, -0.25) is 4.79 Å². The zero-order chi connectivity index (χ0) is 22.7. The fraction of sp³-hybridized carbons (Fsp3) is 0.458. The molecule has 0 saturated carbocycles. The minimum Gasteiger partial charge on any atom is -0.378 e. The molecule has 32 heavy (non-hydrogen) atoms. The van der Waals surface area contributed by atoms with E-state index in [2.05, 4.69) is 23.2 Å². The zero-order valence-electron chi connectivity index (χ0n) is 18.7. The number of carbonyl (C=O) groups is 1. The minimum atomic E-state index is -3.52. The summed E-state index contributed by atoms with van der Waals surface area (Å²) in [6.45, 7) is 8.37. The second kappa shape index (κ2) is 9.60. The van der Waals surface area contributed by atoms with Gasteiger partial charge in [0.25, 0.3) is 5.91 Å². The van der Waals surface area contributed by atoms with Crippen LogP contribution in [-0.4, -0.2) is 58.0 Å². The van der Waals surface area contributed by atoms with Gasteiger partial charge in [0.2, 0.25) is 10.0 Å². The molecule has 2 heterocycles. The van der Waals surface area contributed by atoms with E-state index in [1.54, 1.807) is 16.4 Å². The molecule has 2 aliphatic rings. The van der Waals surface area contributed by atoms with E-state index >= 15 is 0 Å². The molecule has 0 atom stereocenters. The van der Waals surface area contributed by atoms with Crippen LogP contribution in [0.3, 0.4) is 0 Å². The molecule has 0 spiro atoms. The highest BCUT2D eigenvalue weighted by atomic mass is 32.2. The first-order chi connectivity index (χ1) is 15.3. The monoisotopic (exact) mass is 457 g/mol. The van der Waals surface area contributed by atoms with Crippen LogP contribution in [-0.2, 0) is 14.8 Å². The Morgan fingerprint density at radius 3 is 2.28 bits per heavy atom. The topological polar surface area (TPSA) is 79.0 Å². The SMILES string of the molecule is Cc1cc(N2CCOCC2)ccc1NC(=O)c1ccc(S(=O)(=O)N2CCC(C)CC2)cc1. The van der Waals surface area contributed by atoms with Crippen molar-refractivity contribution >= 4 is 27.3 Å². The summed E-state index contributed by atoms with van der Waals surface area (Å²) < 4.78 is 32.7. The fourth-order valence-corrected chi connectivity index (χ4v) is 5.62. The third-order valence-electron chi connectivity index (χ3n) is 6.33. The lowest BCUT2D eigenvalue weighted by molar-refractivity contribution is 0.102. The number of amides is 1. The molecular formula is C24H31N3O4S. The summed E-state index contributed by atoms with van der Waals surface area (Å²) in [6, 6.07) is 12.2. The van der Waals surface area contributed by atoms with E-state index in [4.69, 9.17) is 4.74 Å². The van der Waals surface area contributed by atoms with E-state index in [1.807, 2.05) is 19.1 Å². The number of rotatable bonds is 5. The molecule has 0 aromatic heterocycles. The van der Waals surface area contributed by atoms with Gasteiger partial charge in [-0.05, 0) is 73.7 Å². The number of anilines is 2. The Labute approximate surface area is 190 Å². The van der Waals surface area contributed by atoms with Crippen molar-refractivity contribution < 1.29 is 17.9 Å². The van der Waals surface area contributed by atoms with Gasteiger partial charge in [0.1, 0.15) is 0 Å². The Balaban J connectivity index is 1.43. The highest BCUT2D eigenvalue weighted by Crippen LogP contribution is 2.26. The normalized spacial score (nSPS) is 18.5. The third kappa shape index (κ3) is 4.98. The molecule has 0 unspecified atom stereocenters. The Morgan fingerprint density at radius 1 is 1.00 bits per heavy atom. The highest BCUT2D eigenvalue weighted by molar-refractivity contribution is 7.89. The summed E-state index contributed by atoms with van der Waals surface area (Å²) in [5.41, 5.74) is 3.25. The van der Waals surface area contributed by atoms with Crippen molar-refractivity contribution in [1.29, 1.82) is 0 Å². The Bertz CT molecular complexity index is 1060. The zero-order valence-corrected chi connectivity index (χ0v) is 19.5. The van der Waals surface area contributed by atoms with Crippen LogP contribution in [0, 0.1) is 12.8 Å². The van der Waals surface area contributed by atoms with Crippen molar-refractivity contribution in [3.63, 3.8) is 0 Å². The largest absolute Gasteiger partial charge is 0.378 e. The molecule has 172 valence electrons. The van der Waals surface area contributed by atoms with Gasteiger partial charge in [0.05, 0.1) is 18.1 Å². The van der Waals surface area contributed by atoms with Gasteiger partial charge < -0.3 is 15.0 Å². The number of piperidine rings is 1. The smallest absolute Gasteiger partial charge is 0.255 e. The predicted molar refractivity (Wildman–Crippen MR) is 126 cm³/mol. The standard InChI is InChI=1S/C24H31N3O4S/c1-18-9-11-27(12-10-18)32(29,30)22-6-3-20(4-7-22)24(28)25-23-8-5-21(17-19(23)2)26-13-15-31-16-14-26/h3-8,17-18H,9-16H2,1-2H3,(H,25,28). The Kier molecular flexibility index (Phi) is 6.83. The van der Waals surface area contributed by atoms with Gasteiger partial charge in [-0.2, -0.15) is 4.31 Å². The minimum absolute atomic E-state index is 0.231. The first kappa shape index (κ1) is 22.8. The molecule has 2 aromatic carbocycles. The lowest BCUT2D eigenvalue weighted by atomic mass is 10.0. The number of hydrogen-bond acceptors (Lipinski definition) is 5. The lowest BCUT2D eigenvalue weighted by Gasteiger charge is -2.29. The lowest BCUT2D eigenvalue weighted by Crippen LogP contribution is -2.37. The number of carbonyl (C=O) groups excluding carboxylic acids is 1. The molecule has 8 heteroatoms. The van der Waals surface area contributed by atoms with Crippen molar-refractivity contribution in [3.8, 4) is 0 Å². The molecule has 1 N–H and O–H groups in total. The Hall–Kier alpha value is -2.42. The van der Waals surface area contributed by atoms with E-state index in [0.717, 1.165) is 56.1 Å². The van der Waals surface area contributed by atoms with Gasteiger partial charge in [-0.25, -0.2) is 8.42 Å². The summed E-state index contributed by atoms with van der Waals surface area (Å²) in [4.78, 5) is 15.3. The number of sulfonamides is 1. The molecule has 4 rings (SSSR count). The van der Waals surface area contributed by atoms with Gasteiger partial charge >= 0.3 is 0 Å². The van der Waals surface area contributed by atoms with Crippen LogP contribution in [0.1, 0.15) is 35.7 Å². The molecule has 7 nitrogen and oxygen atoms in total. The first-order valence-electron chi connectivity index (χ1n) is 11.2. The summed E-state index contributed by atoms with van der Waals surface area (Å²) in [5, 5.41) is 2.94. The molecule has 0 aliphatic carbocycles. The van der Waals surface area contributed by atoms with Crippen LogP contribution in [0.5, 0.6) is 0 Å².